The fourth-order valence-electron chi connectivity index (χ4n) is 2.36. The minimum absolute atomic E-state index is 0.240. The molecule has 0 spiro atoms. The van der Waals surface area contributed by atoms with Crippen LogP contribution in [0, 0.1) is 5.82 Å². The monoisotopic (exact) mass is 354 g/mol. The number of carboxylic acids is 1. The van der Waals surface area contributed by atoms with Crippen molar-refractivity contribution in [3.63, 3.8) is 0 Å². The van der Waals surface area contributed by atoms with Gasteiger partial charge in [-0.3, -0.25) is 9.59 Å². The zero-order valence-corrected chi connectivity index (χ0v) is 13.9. The minimum Gasteiger partial charge on any atom is -0.480 e. The Kier molecular flexibility index (Phi) is 6.19. The summed E-state index contributed by atoms with van der Waals surface area (Å²) in [6, 6.07) is 4.49. The van der Waals surface area contributed by atoms with Gasteiger partial charge in [-0.15, -0.1) is 11.8 Å². The summed E-state index contributed by atoms with van der Waals surface area (Å²) in [6.07, 6.45) is 0.495. The third-order valence-electron chi connectivity index (χ3n) is 3.78. The Morgan fingerprint density at radius 1 is 1.46 bits per heavy atom. The van der Waals surface area contributed by atoms with E-state index in [1.165, 1.54) is 17.8 Å². The van der Waals surface area contributed by atoms with Crippen molar-refractivity contribution in [2.45, 2.75) is 37.1 Å². The molecule has 6 nitrogen and oxygen atoms in total. The molecular formula is C16H19FN2O4S. The van der Waals surface area contributed by atoms with Crippen LogP contribution in [0.5, 0.6) is 0 Å². The Bertz CT molecular complexity index is 640. The van der Waals surface area contributed by atoms with Gasteiger partial charge < -0.3 is 15.7 Å². The standard InChI is InChI=1S/C16H19FN2O4S/c1-2-11(16(22)23)18-14(20)12-8-24-13(15(21)19-12)7-9-5-3-4-6-10(9)17/h3-6,11-13H,2,7-8H2,1H3,(H,18,20)(H,19,21)(H,22,23). The van der Waals surface area contributed by atoms with Gasteiger partial charge >= 0.3 is 5.97 Å². The molecule has 0 radical (unpaired) electrons. The maximum absolute atomic E-state index is 13.7. The fourth-order valence-corrected chi connectivity index (χ4v) is 3.54. The third kappa shape index (κ3) is 4.47. The SMILES string of the molecule is CCC(NC(=O)C1CSC(Cc2ccccc2F)C(=O)N1)C(=O)O. The maximum atomic E-state index is 13.7. The van der Waals surface area contributed by atoms with Crippen LogP contribution in [0.4, 0.5) is 4.39 Å². The predicted molar refractivity (Wildman–Crippen MR) is 88.1 cm³/mol. The van der Waals surface area contributed by atoms with E-state index >= 15 is 0 Å². The number of amides is 2. The highest BCUT2D eigenvalue weighted by molar-refractivity contribution is 8.00. The van der Waals surface area contributed by atoms with Gasteiger partial charge in [0.25, 0.3) is 0 Å². The molecule has 130 valence electrons. The molecule has 1 aromatic rings. The first kappa shape index (κ1) is 18.3. The molecule has 0 aliphatic carbocycles. The number of aliphatic carboxylic acids is 1. The minimum atomic E-state index is -1.11. The topological polar surface area (TPSA) is 95.5 Å². The van der Waals surface area contributed by atoms with Crippen LogP contribution in [0.25, 0.3) is 0 Å². The molecule has 0 saturated carbocycles. The van der Waals surface area contributed by atoms with Crippen molar-refractivity contribution in [2.24, 2.45) is 0 Å². The summed E-state index contributed by atoms with van der Waals surface area (Å²) in [5.74, 6) is -2.03. The van der Waals surface area contributed by atoms with Crippen molar-refractivity contribution in [2.75, 3.05) is 5.75 Å². The summed E-state index contributed by atoms with van der Waals surface area (Å²) in [5, 5.41) is 13.5. The highest BCUT2D eigenvalue weighted by Crippen LogP contribution is 2.23. The highest BCUT2D eigenvalue weighted by Gasteiger charge is 2.34. The smallest absolute Gasteiger partial charge is 0.326 e. The van der Waals surface area contributed by atoms with Gasteiger partial charge in [0, 0.05) is 5.75 Å². The van der Waals surface area contributed by atoms with Gasteiger partial charge in [0.2, 0.25) is 11.8 Å². The van der Waals surface area contributed by atoms with Crippen LogP contribution in [-0.2, 0) is 20.8 Å². The van der Waals surface area contributed by atoms with Gasteiger partial charge in [-0.25, -0.2) is 9.18 Å². The molecule has 0 aromatic heterocycles. The first-order valence-corrected chi connectivity index (χ1v) is 8.65. The molecule has 0 bridgehead atoms. The van der Waals surface area contributed by atoms with Gasteiger partial charge in [-0.2, -0.15) is 0 Å². The average Bonchev–Trinajstić information content (AvgIpc) is 2.55. The van der Waals surface area contributed by atoms with Crippen LogP contribution in [0.1, 0.15) is 18.9 Å². The van der Waals surface area contributed by atoms with Crippen molar-refractivity contribution in [3.05, 3.63) is 35.6 Å². The fraction of sp³-hybridized carbons (Fsp3) is 0.438. The van der Waals surface area contributed by atoms with Crippen molar-refractivity contribution in [1.29, 1.82) is 0 Å². The van der Waals surface area contributed by atoms with Crippen molar-refractivity contribution >= 4 is 29.5 Å². The van der Waals surface area contributed by atoms with E-state index in [4.69, 9.17) is 5.11 Å². The zero-order chi connectivity index (χ0) is 17.7. The predicted octanol–water partition coefficient (Wildman–Crippen LogP) is 0.948. The molecule has 1 fully saturated rings. The van der Waals surface area contributed by atoms with E-state index in [1.807, 2.05) is 0 Å². The number of carboxylic acid groups (broad SMARTS) is 1. The number of rotatable bonds is 6. The van der Waals surface area contributed by atoms with Crippen molar-refractivity contribution in [1.82, 2.24) is 10.6 Å². The van der Waals surface area contributed by atoms with Crippen LogP contribution in [0.15, 0.2) is 24.3 Å². The summed E-state index contributed by atoms with van der Waals surface area (Å²) in [6.45, 7) is 1.65. The number of hydrogen-bond acceptors (Lipinski definition) is 4. The molecule has 2 amide bonds. The number of nitrogens with one attached hydrogen (secondary N) is 2. The summed E-state index contributed by atoms with van der Waals surface area (Å²) in [4.78, 5) is 35.2. The number of carbonyl (C=O) groups excluding carboxylic acids is 2. The Morgan fingerprint density at radius 3 is 2.75 bits per heavy atom. The first-order valence-electron chi connectivity index (χ1n) is 7.61. The number of halogens is 1. The van der Waals surface area contributed by atoms with Gasteiger partial charge in [0.05, 0.1) is 5.25 Å². The van der Waals surface area contributed by atoms with Crippen molar-refractivity contribution in [3.8, 4) is 0 Å². The maximum Gasteiger partial charge on any atom is 0.326 e. The molecule has 1 aliphatic heterocycles. The Labute approximate surface area is 143 Å². The van der Waals surface area contributed by atoms with Gasteiger partial charge in [0.15, 0.2) is 0 Å². The first-order chi connectivity index (χ1) is 11.4. The van der Waals surface area contributed by atoms with E-state index in [0.29, 0.717) is 11.3 Å². The quantitative estimate of drug-likeness (QED) is 0.707. The number of benzene rings is 1. The molecule has 3 atom stereocenters. The summed E-state index contributed by atoms with van der Waals surface area (Å²) < 4.78 is 13.7. The molecule has 2 rings (SSSR count). The average molecular weight is 354 g/mol. The second-order valence-corrected chi connectivity index (χ2v) is 6.72. The molecular weight excluding hydrogens is 335 g/mol. The molecule has 1 heterocycles. The van der Waals surface area contributed by atoms with Gasteiger partial charge in [0.1, 0.15) is 17.9 Å². The number of thioether (sulfide) groups is 1. The molecule has 1 saturated heterocycles. The van der Waals surface area contributed by atoms with Crippen molar-refractivity contribution < 1.29 is 23.9 Å². The lowest BCUT2D eigenvalue weighted by Crippen LogP contribution is -2.56. The Balaban J connectivity index is 1.93. The summed E-state index contributed by atoms with van der Waals surface area (Å²) >= 11 is 1.27. The van der Waals surface area contributed by atoms with Gasteiger partial charge in [-0.1, -0.05) is 25.1 Å². The lowest BCUT2D eigenvalue weighted by atomic mass is 10.1. The summed E-state index contributed by atoms with van der Waals surface area (Å²) in [7, 11) is 0. The number of carbonyl (C=O) groups is 3. The van der Waals surface area contributed by atoms with E-state index in [-0.39, 0.29) is 24.6 Å². The van der Waals surface area contributed by atoms with E-state index in [2.05, 4.69) is 10.6 Å². The zero-order valence-electron chi connectivity index (χ0n) is 13.1. The van der Waals surface area contributed by atoms with Crippen LogP contribution in [0.2, 0.25) is 0 Å². The molecule has 24 heavy (non-hydrogen) atoms. The van der Waals surface area contributed by atoms with E-state index in [0.717, 1.165) is 0 Å². The highest BCUT2D eigenvalue weighted by atomic mass is 32.2. The van der Waals surface area contributed by atoms with Crippen LogP contribution in [0.3, 0.4) is 0 Å². The molecule has 3 unspecified atom stereocenters. The molecule has 3 N–H and O–H groups in total. The molecule has 8 heteroatoms. The lowest BCUT2D eigenvalue weighted by molar-refractivity contribution is -0.142. The normalized spacial score (nSPS) is 21.7. The lowest BCUT2D eigenvalue weighted by Gasteiger charge is -2.29. The Morgan fingerprint density at radius 2 is 2.17 bits per heavy atom. The summed E-state index contributed by atoms with van der Waals surface area (Å²) in [5.41, 5.74) is 0.449. The van der Waals surface area contributed by atoms with Crippen LogP contribution in [-0.4, -0.2) is 46.0 Å². The number of hydrogen-bond donors (Lipinski definition) is 3. The third-order valence-corrected chi connectivity index (χ3v) is 5.08. The second kappa shape index (κ2) is 8.14. The second-order valence-electron chi connectivity index (χ2n) is 5.49. The van der Waals surface area contributed by atoms with E-state index < -0.39 is 29.2 Å². The van der Waals surface area contributed by atoms with Crippen LogP contribution < -0.4 is 10.6 Å². The van der Waals surface area contributed by atoms with E-state index in [1.54, 1.807) is 25.1 Å². The Hall–Kier alpha value is -2.09. The van der Waals surface area contributed by atoms with Gasteiger partial charge in [-0.05, 0) is 24.5 Å². The van der Waals surface area contributed by atoms with E-state index in [9.17, 15) is 18.8 Å². The largest absolute Gasteiger partial charge is 0.480 e. The van der Waals surface area contributed by atoms with Crippen LogP contribution >= 0.6 is 11.8 Å². The molecule has 1 aromatic carbocycles. The molecule has 1 aliphatic rings.